The van der Waals surface area contributed by atoms with Crippen LogP contribution in [0, 0.1) is 20.8 Å². The van der Waals surface area contributed by atoms with Crippen LogP contribution < -0.4 is 5.73 Å². The topological polar surface area (TPSA) is 51.8 Å². The lowest BCUT2D eigenvalue weighted by Gasteiger charge is -2.12. The number of hydrogen-bond acceptors (Lipinski definition) is 4. The second-order valence-electron chi connectivity index (χ2n) is 4.12. The molecule has 0 bridgehead atoms. The van der Waals surface area contributed by atoms with Crippen molar-refractivity contribution in [3.63, 3.8) is 0 Å². The van der Waals surface area contributed by atoms with Crippen molar-refractivity contribution in [1.29, 1.82) is 0 Å². The third kappa shape index (κ3) is 2.13. The van der Waals surface area contributed by atoms with E-state index in [1.807, 2.05) is 6.92 Å². The van der Waals surface area contributed by atoms with Gasteiger partial charge in [0.05, 0.1) is 16.6 Å². The standard InChI is InChI=1S/C12H15N3S/c1-7-4-8(2)6-10(5-7)11(13)12-9(3)14-15-16-12/h4-6,11H,13H2,1-3H3. The van der Waals surface area contributed by atoms with Crippen LogP contribution in [0.4, 0.5) is 0 Å². The second kappa shape index (κ2) is 4.31. The quantitative estimate of drug-likeness (QED) is 0.867. The largest absolute Gasteiger partial charge is 0.320 e. The Morgan fingerprint density at radius 3 is 2.25 bits per heavy atom. The molecule has 2 rings (SSSR count). The van der Waals surface area contributed by atoms with Crippen LogP contribution in [0.25, 0.3) is 0 Å². The maximum absolute atomic E-state index is 6.23. The number of rotatable bonds is 2. The van der Waals surface area contributed by atoms with Crippen LogP contribution >= 0.6 is 11.5 Å². The van der Waals surface area contributed by atoms with Crippen molar-refractivity contribution in [3.8, 4) is 0 Å². The molecule has 0 saturated heterocycles. The molecule has 1 aromatic carbocycles. The smallest absolute Gasteiger partial charge is 0.0776 e. The highest BCUT2D eigenvalue weighted by Gasteiger charge is 2.15. The monoisotopic (exact) mass is 233 g/mol. The number of nitrogens with two attached hydrogens (primary N) is 1. The van der Waals surface area contributed by atoms with Gasteiger partial charge in [0.2, 0.25) is 0 Å². The fraction of sp³-hybridized carbons (Fsp3) is 0.333. The maximum Gasteiger partial charge on any atom is 0.0776 e. The minimum Gasteiger partial charge on any atom is -0.320 e. The van der Waals surface area contributed by atoms with Gasteiger partial charge in [-0.05, 0) is 37.9 Å². The fourth-order valence-electron chi connectivity index (χ4n) is 1.86. The van der Waals surface area contributed by atoms with E-state index in [-0.39, 0.29) is 6.04 Å². The number of benzene rings is 1. The Bertz CT molecular complexity index is 484. The highest BCUT2D eigenvalue weighted by atomic mass is 32.1. The molecule has 0 fully saturated rings. The van der Waals surface area contributed by atoms with Crippen LogP contribution in [0.5, 0.6) is 0 Å². The lowest BCUT2D eigenvalue weighted by molar-refractivity contribution is 0.870. The molecule has 0 spiro atoms. The van der Waals surface area contributed by atoms with Crippen LogP contribution in [-0.4, -0.2) is 9.59 Å². The van der Waals surface area contributed by atoms with Gasteiger partial charge >= 0.3 is 0 Å². The first kappa shape index (κ1) is 11.2. The molecular weight excluding hydrogens is 218 g/mol. The van der Waals surface area contributed by atoms with E-state index in [9.17, 15) is 0 Å². The van der Waals surface area contributed by atoms with Crippen molar-refractivity contribution in [2.75, 3.05) is 0 Å². The molecule has 0 amide bonds. The Morgan fingerprint density at radius 1 is 1.12 bits per heavy atom. The van der Waals surface area contributed by atoms with E-state index >= 15 is 0 Å². The average molecular weight is 233 g/mol. The predicted octanol–water partition coefficient (Wildman–Crippen LogP) is 2.51. The molecule has 1 unspecified atom stereocenters. The molecule has 0 saturated carbocycles. The zero-order valence-electron chi connectivity index (χ0n) is 9.69. The minimum atomic E-state index is -0.112. The highest BCUT2D eigenvalue weighted by molar-refractivity contribution is 7.05. The number of aryl methyl sites for hydroxylation is 3. The van der Waals surface area contributed by atoms with Crippen LogP contribution in [0.2, 0.25) is 0 Å². The van der Waals surface area contributed by atoms with Gasteiger partial charge in [0.1, 0.15) is 0 Å². The molecule has 2 aromatic rings. The molecule has 0 aliphatic heterocycles. The molecule has 4 heteroatoms. The summed E-state index contributed by atoms with van der Waals surface area (Å²) in [5, 5.41) is 4.00. The number of hydrogen-bond donors (Lipinski definition) is 1. The van der Waals surface area contributed by atoms with E-state index in [0.29, 0.717) is 0 Å². The molecule has 2 N–H and O–H groups in total. The summed E-state index contributed by atoms with van der Waals surface area (Å²) in [6, 6.07) is 6.28. The molecule has 3 nitrogen and oxygen atoms in total. The SMILES string of the molecule is Cc1cc(C)cc(C(N)c2snnc2C)c1. The van der Waals surface area contributed by atoms with E-state index in [1.54, 1.807) is 0 Å². The zero-order chi connectivity index (χ0) is 11.7. The predicted molar refractivity (Wildman–Crippen MR) is 66.6 cm³/mol. The summed E-state index contributed by atoms with van der Waals surface area (Å²) >= 11 is 1.38. The first-order valence-corrected chi connectivity index (χ1v) is 5.98. The Labute approximate surface area is 99.5 Å². The van der Waals surface area contributed by atoms with Gasteiger partial charge in [0.25, 0.3) is 0 Å². The summed E-state index contributed by atoms with van der Waals surface area (Å²) in [4.78, 5) is 1.05. The molecule has 0 aliphatic carbocycles. The van der Waals surface area contributed by atoms with E-state index in [4.69, 9.17) is 5.73 Å². The van der Waals surface area contributed by atoms with E-state index in [2.05, 4.69) is 41.6 Å². The summed E-state index contributed by atoms with van der Waals surface area (Å²) in [6.07, 6.45) is 0. The molecule has 1 heterocycles. The Kier molecular flexibility index (Phi) is 3.03. The molecule has 84 valence electrons. The van der Waals surface area contributed by atoms with Gasteiger partial charge in [0.15, 0.2) is 0 Å². The maximum atomic E-state index is 6.23. The fourth-order valence-corrected chi connectivity index (χ4v) is 2.54. The van der Waals surface area contributed by atoms with Gasteiger partial charge < -0.3 is 5.73 Å². The Balaban J connectivity index is 2.41. The van der Waals surface area contributed by atoms with E-state index in [0.717, 1.165) is 16.1 Å². The van der Waals surface area contributed by atoms with Gasteiger partial charge in [-0.3, -0.25) is 0 Å². The van der Waals surface area contributed by atoms with Crippen LogP contribution in [0.1, 0.15) is 33.3 Å². The summed E-state index contributed by atoms with van der Waals surface area (Å²) in [7, 11) is 0. The lowest BCUT2D eigenvalue weighted by atomic mass is 10.0. The summed E-state index contributed by atoms with van der Waals surface area (Å²) < 4.78 is 3.92. The van der Waals surface area contributed by atoms with Crippen LogP contribution in [-0.2, 0) is 0 Å². The molecule has 1 atom stereocenters. The van der Waals surface area contributed by atoms with Crippen molar-refractivity contribution in [2.45, 2.75) is 26.8 Å². The molecule has 0 aliphatic rings. The van der Waals surface area contributed by atoms with Gasteiger partial charge in [0, 0.05) is 0 Å². The summed E-state index contributed by atoms with van der Waals surface area (Å²) in [5.74, 6) is 0. The molecule has 16 heavy (non-hydrogen) atoms. The van der Waals surface area contributed by atoms with Gasteiger partial charge in [-0.2, -0.15) is 0 Å². The molecular formula is C12H15N3S. The van der Waals surface area contributed by atoms with Crippen LogP contribution in [0.3, 0.4) is 0 Å². The van der Waals surface area contributed by atoms with Crippen molar-refractivity contribution in [1.82, 2.24) is 9.59 Å². The normalized spacial score (nSPS) is 12.8. The summed E-state index contributed by atoms with van der Waals surface area (Å²) in [5.41, 5.74) is 10.8. The average Bonchev–Trinajstić information content (AvgIpc) is 2.62. The Hall–Kier alpha value is -1.26. The first-order chi connectivity index (χ1) is 7.58. The summed E-state index contributed by atoms with van der Waals surface area (Å²) in [6.45, 7) is 6.11. The third-order valence-corrected chi connectivity index (χ3v) is 3.48. The van der Waals surface area contributed by atoms with E-state index in [1.165, 1.54) is 22.7 Å². The van der Waals surface area contributed by atoms with Gasteiger partial charge in [-0.1, -0.05) is 33.8 Å². The highest BCUT2D eigenvalue weighted by Crippen LogP contribution is 2.25. The molecule has 1 aromatic heterocycles. The van der Waals surface area contributed by atoms with Crippen molar-refractivity contribution in [3.05, 3.63) is 45.5 Å². The molecule has 0 radical (unpaired) electrons. The lowest BCUT2D eigenvalue weighted by Crippen LogP contribution is -2.12. The minimum absolute atomic E-state index is 0.112. The van der Waals surface area contributed by atoms with Crippen molar-refractivity contribution in [2.24, 2.45) is 5.73 Å². The van der Waals surface area contributed by atoms with Crippen LogP contribution in [0.15, 0.2) is 18.2 Å². The zero-order valence-corrected chi connectivity index (χ0v) is 10.5. The van der Waals surface area contributed by atoms with Crippen molar-refractivity contribution >= 4 is 11.5 Å². The van der Waals surface area contributed by atoms with Gasteiger partial charge in [-0.25, -0.2) is 0 Å². The van der Waals surface area contributed by atoms with Crippen molar-refractivity contribution < 1.29 is 0 Å². The van der Waals surface area contributed by atoms with Gasteiger partial charge in [-0.15, -0.1) is 5.10 Å². The Morgan fingerprint density at radius 2 is 1.75 bits per heavy atom. The first-order valence-electron chi connectivity index (χ1n) is 5.20. The van der Waals surface area contributed by atoms with E-state index < -0.39 is 0 Å². The number of nitrogens with zero attached hydrogens (tertiary/aromatic N) is 2. The third-order valence-electron chi connectivity index (χ3n) is 2.57. The number of aromatic nitrogens is 2. The second-order valence-corrected chi connectivity index (χ2v) is 4.91.